The third-order valence-corrected chi connectivity index (χ3v) is 3.75. The number of carbonyl (C=O) groups is 1. The van der Waals surface area contributed by atoms with Gasteiger partial charge in [-0.15, -0.1) is 0 Å². The zero-order chi connectivity index (χ0) is 14.1. The molecule has 0 atom stereocenters. The van der Waals surface area contributed by atoms with Crippen LogP contribution < -0.4 is 10.1 Å². The number of halogens is 1. The lowest BCUT2D eigenvalue weighted by Crippen LogP contribution is -2.16. The standard InChI is InChI=1S/C15H15BrN2O2/c1-20-13-4-2-3-11(8-13)17-15(19)14-7-10(16)9-18(14)12-5-6-12/h2-4,7-9,12H,5-6H2,1H3,(H,17,19). The number of hydrogen-bond acceptors (Lipinski definition) is 2. The second-order valence-electron chi connectivity index (χ2n) is 4.87. The summed E-state index contributed by atoms with van der Waals surface area (Å²) in [5.74, 6) is 0.623. The van der Waals surface area contributed by atoms with Gasteiger partial charge in [-0.3, -0.25) is 4.79 Å². The Bertz CT molecular complexity index is 647. The van der Waals surface area contributed by atoms with Crippen molar-refractivity contribution in [1.29, 1.82) is 0 Å². The molecule has 0 radical (unpaired) electrons. The minimum atomic E-state index is -0.101. The van der Waals surface area contributed by atoms with E-state index in [1.165, 1.54) is 0 Å². The molecule has 1 saturated carbocycles. The van der Waals surface area contributed by atoms with E-state index in [4.69, 9.17) is 4.74 Å². The van der Waals surface area contributed by atoms with Gasteiger partial charge >= 0.3 is 0 Å². The quantitative estimate of drug-likeness (QED) is 0.922. The molecule has 20 heavy (non-hydrogen) atoms. The Balaban J connectivity index is 1.82. The van der Waals surface area contributed by atoms with Gasteiger partial charge in [0.15, 0.2) is 0 Å². The average molecular weight is 335 g/mol. The van der Waals surface area contributed by atoms with E-state index in [1.54, 1.807) is 13.2 Å². The number of hydrogen-bond donors (Lipinski definition) is 1. The first-order valence-corrected chi connectivity index (χ1v) is 7.29. The molecule has 1 aliphatic carbocycles. The number of aromatic nitrogens is 1. The molecule has 1 heterocycles. The molecule has 0 spiro atoms. The maximum atomic E-state index is 12.4. The first-order valence-electron chi connectivity index (χ1n) is 6.50. The largest absolute Gasteiger partial charge is 0.497 e. The number of carbonyl (C=O) groups excluding carboxylic acids is 1. The topological polar surface area (TPSA) is 43.3 Å². The summed E-state index contributed by atoms with van der Waals surface area (Å²) < 4.78 is 8.13. The first kappa shape index (κ1) is 13.2. The number of ether oxygens (including phenoxy) is 1. The van der Waals surface area contributed by atoms with Crippen LogP contribution in [0.5, 0.6) is 5.75 Å². The summed E-state index contributed by atoms with van der Waals surface area (Å²) in [6, 6.07) is 9.67. The highest BCUT2D eigenvalue weighted by Crippen LogP contribution is 2.37. The van der Waals surface area contributed by atoms with Crippen LogP contribution in [-0.4, -0.2) is 17.6 Å². The van der Waals surface area contributed by atoms with Gasteiger partial charge in [0.2, 0.25) is 0 Å². The van der Waals surface area contributed by atoms with Crippen LogP contribution in [0.2, 0.25) is 0 Å². The monoisotopic (exact) mass is 334 g/mol. The highest BCUT2D eigenvalue weighted by atomic mass is 79.9. The molecule has 5 heteroatoms. The van der Waals surface area contributed by atoms with Crippen molar-refractivity contribution in [2.24, 2.45) is 0 Å². The molecule has 1 fully saturated rings. The van der Waals surface area contributed by atoms with Gasteiger partial charge in [-0.25, -0.2) is 0 Å². The molecule has 0 aliphatic heterocycles. The Morgan fingerprint density at radius 1 is 1.40 bits per heavy atom. The summed E-state index contributed by atoms with van der Waals surface area (Å²) in [5.41, 5.74) is 1.41. The van der Waals surface area contributed by atoms with E-state index in [1.807, 2.05) is 35.0 Å². The zero-order valence-electron chi connectivity index (χ0n) is 11.1. The van der Waals surface area contributed by atoms with Crippen LogP contribution in [0.4, 0.5) is 5.69 Å². The summed E-state index contributed by atoms with van der Waals surface area (Å²) >= 11 is 3.43. The third kappa shape index (κ3) is 2.72. The fraction of sp³-hybridized carbons (Fsp3) is 0.267. The van der Waals surface area contributed by atoms with Crippen molar-refractivity contribution in [3.63, 3.8) is 0 Å². The van der Waals surface area contributed by atoms with Crippen LogP contribution in [0.3, 0.4) is 0 Å². The van der Waals surface area contributed by atoms with E-state index in [0.29, 0.717) is 11.7 Å². The summed E-state index contributed by atoms with van der Waals surface area (Å²) in [5, 5.41) is 2.91. The van der Waals surface area contributed by atoms with Gasteiger partial charge in [0.25, 0.3) is 5.91 Å². The van der Waals surface area contributed by atoms with Crippen LogP contribution in [0.15, 0.2) is 41.0 Å². The fourth-order valence-electron chi connectivity index (χ4n) is 2.18. The molecular weight excluding hydrogens is 320 g/mol. The van der Waals surface area contributed by atoms with Crippen molar-refractivity contribution in [2.45, 2.75) is 18.9 Å². The maximum Gasteiger partial charge on any atom is 0.272 e. The minimum absolute atomic E-state index is 0.101. The third-order valence-electron chi connectivity index (χ3n) is 3.32. The smallest absolute Gasteiger partial charge is 0.272 e. The Morgan fingerprint density at radius 2 is 2.20 bits per heavy atom. The van der Waals surface area contributed by atoms with Crippen molar-refractivity contribution in [3.8, 4) is 5.75 Å². The molecule has 0 unspecified atom stereocenters. The lowest BCUT2D eigenvalue weighted by Gasteiger charge is -2.09. The number of benzene rings is 1. The van der Waals surface area contributed by atoms with Gasteiger partial charge in [0, 0.05) is 28.5 Å². The van der Waals surface area contributed by atoms with E-state index in [-0.39, 0.29) is 5.91 Å². The van der Waals surface area contributed by atoms with Gasteiger partial charge in [0.05, 0.1) is 7.11 Å². The van der Waals surface area contributed by atoms with Crippen LogP contribution in [-0.2, 0) is 0 Å². The predicted molar refractivity (Wildman–Crippen MR) is 81.4 cm³/mol. The molecule has 0 bridgehead atoms. The number of anilines is 1. The molecule has 1 amide bonds. The van der Waals surface area contributed by atoms with Gasteiger partial charge in [0.1, 0.15) is 11.4 Å². The van der Waals surface area contributed by atoms with Crippen LogP contribution in [0.25, 0.3) is 0 Å². The molecule has 2 aromatic rings. The normalized spacial score (nSPS) is 14.1. The highest BCUT2D eigenvalue weighted by molar-refractivity contribution is 9.10. The molecule has 1 aromatic heterocycles. The van der Waals surface area contributed by atoms with Crippen molar-refractivity contribution in [2.75, 3.05) is 12.4 Å². The number of methoxy groups -OCH3 is 1. The summed E-state index contributed by atoms with van der Waals surface area (Å²) in [6.45, 7) is 0. The zero-order valence-corrected chi connectivity index (χ0v) is 12.7. The molecule has 1 aromatic carbocycles. The van der Waals surface area contributed by atoms with Gasteiger partial charge in [-0.05, 0) is 47.0 Å². The fourth-order valence-corrected chi connectivity index (χ4v) is 2.62. The number of nitrogens with one attached hydrogen (secondary N) is 1. The number of rotatable bonds is 4. The Morgan fingerprint density at radius 3 is 2.90 bits per heavy atom. The van der Waals surface area contributed by atoms with Crippen LogP contribution >= 0.6 is 15.9 Å². The molecular formula is C15H15BrN2O2. The Labute approximate surface area is 125 Å². The molecule has 4 nitrogen and oxygen atoms in total. The molecule has 3 rings (SSSR count). The van der Waals surface area contributed by atoms with E-state index < -0.39 is 0 Å². The Kier molecular flexibility index (Phi) is 3.53. The number of nitrogens with zero attached hydrogens (tertiary/aromatic N) is 1. The average Bonchev–Trinajstić information content (AvgIpc) is 3.21. The van der Waals surface area contributed by atoms with E-state index in [0.717, 1.165) is 28.8 Å². The molecule has 1 aliphatic rings. The van der Waals surface area contributed by atoms with E-state index in [9.17, 15) is 4.79 Å². The highest BCUT2D eigenvalue weighted by Gasteiger charge is 2.27. The van der Waals surface area contributed by atoms with Gasteiger partial charge in [-0.2, -0.15) is 0 Å². The predicted octanol–water partition coefficient (Wildman–Crippen LogP) is 3.85. The summed E-state index contributed by atoms with van der Waals surface area (Å²) in [7, 11) is 1.61. The minimum Gasteiger partial charge on any atom is -0.497 e. The lowest BCUT2D eigenvalue weighted by molar-refractivity contribution is 0.101. The van der Waals surface area contributed by atoms with Crippen molar-refractivity contribution >= 4 is 27.5 Å². The SMILES string of the molecule is COc1cccc(NC(=O)c2cc(Br)cn2C2CC2)c1. The second kappa shape index (κ2) is 5.32. The molecule has 104 valence electrons. The van der Waals surface area contributed by atoms with E-state index in [2.05, 4.69) is 21.2 Å². The maximum absolute atomic E-state index is 12.4. The van der Waals surface area contributed by atoms with Crippen molar-refractivity contribution in [1.82, 2.24) is 4.57 Å². The second-order valence-corrected chi connectivity index (χ2v) is 5.78. The van der Waals surface area contributed by atoms with Crippen LogP contribution in [0.1, 0.15) is 29.4 Å². The van der Waals surface area contributed by atoms with Crippen molar-refractivity contribution < 1.29 is 9.53 Å². The Hall–Kier alpha value is -1.75. The van der Waals surface area contributed by atoms with Gasteiger partial charge in [-0.1, -0.05) is 6.07 Å². The molecule has 1 N–H and O–H groups in total. The van der Waals surface area contributed by atoms with E-state index >= 15 is 0 Å². The summed E-state index contributed by atoms with van der Waals surface area (Å²) in [4.78, 5) is 12.4. The van der Waals surface area contributed by atoms with Crippen molar-refractivity contribution in [3.05, 3.63) is 46.7 Å². The number of amides is 1. The van der Waals surface area contributed by atoms with Crippen LogP contribution in [0, 0.1) is 0 Å². The summed E-state index contributed by atoms with van der Waals surface area (Å²) in [6.07, 6.45) is 4.25. The van der Waals surface area contributed by atoms with Gasteiger partial charge < -0.3 is 14.6 Å². The molecule has 0 saturated heterocycles. The first-order chi connectivity index (χ1) is 9.67. The lowest BCUT2D eigenvalue weighted by atomic mass is 10.3.